The Morgan fingerprint density at radius 3 is 2.67 bits per heavy atom. The molecule has 3 unspecified atom stereocenters. The molecule has 0 saturated carbocycles. The van der Waals surface area contributed by atoms with E-state index < -0.39 is 0 Å². The van der Waals surface area contributed by atoms with Gasteiger partial charge in [0.15, 0.2) is 0 Å². The van der Waals surface area contributed by atoms with E-state index >= 15 is 0 Å². The van der Waals surface area contributed by atoms with Crippen LogP contribution in [0.5, 0.6) is 0 Å². The summed E-state index contributed by atoms with van der Waals surface area (Å²) < 4.78 is 11.3. The van der Waals surface area contributed by atoms with Crippen molar-refractivity contribution in [1.82, 2.24) is 5.32 Å². The SMILES string of the molecule is CNC(C1CCCOC1)C(OC)c1ccccc1. The molecule has 0 bridgehead atoms. The molecule has 18 heavy (non-hydrogen) atoms. The molecule has 0 radical (unpaired) electrons. The first-order valence-electron chi connectivity index (χ1n) is 6.69. The maximum absolute atomic E-state index is 5.72. The number of rotatable bonds is 5. The Morgan fingerprint density at radius 1 is 1.33 bits per heavy atom. The second-order valence-electron chi connectivity index (χ2n) is 4.86. The number of methoxy groups -OCH3 is 1. The molecule has 1 aromatic carbocycles. The quantitative estimate of drug-likeness (QED) is 0.869. The number of nitrogens with one attached hydrogen (secondary N) is 1. The van der Waals surface area contributed by atoms with E-state index in [0.29, 0.717) is 12.0 Å². The van der Waals surface area contributed by atoms with E-state index in [4.69, 9.17) is 9.47 Å². The molecule has 3 atom stereocenters. The molecule has 0 aliphatic carbocycles. The van der Waals surface area contributed by atoms with Crippen molar-refractivity contribution in [3.8, 4) is 0 Å². The summed E-state index contributed by atoms with van der Waals surface area (Å²) in [4.78, 5) is 0. The van der Waals surface area contributed by atoms with E-state index in [2.05, 4.69) is 29.6 Å². The van der Waals surface area contributed by atoms with E-state index in [-0.39, 0.29) is 6.10 Å². The van der Waals surface area contributed by atoms with Crippen molar-refractivity contribution in [1.29, 1.82) is 0 Å². The van der Waals surface area contributed by atoms with E-state index in [0.717, 1.165) is 19.6 Å². The number of hydrogen-bond acceptors (Lipinski definition) is 3. The highest BCUT2D eigenvalue weighted by molar-refractivity contribution is 5.19. The van der Waals surface area contributed by atoms with Gasteiger partial charge in [0, 0.05) is 25.7 Å². The lowest BCUT2D eigenvalue weighted by Gasteiger charge is -2.35. The third-order valence-corrected chi connectivity index (χ3v) is 3.74. The molecule has 1 aliphatic heterocycles. The Kier molecular flexibility index (Phi) is 5.17. The maximum Gasteiger partial charge on any atom is 0.0977 e. The summed E-state index contributed by atoms with van der Waals surface area (Å²) in [7, 11) is 3.79. The first-order valence-corrected chi connectivity index (χ1v) is 6.69. The Labute approximate surface area is 109 Å². The van der Waals surface area contributed by atoms with Crippen molar-refractivity contribution < 1.29 is 9.47 Å². The van der Waals surface area contributed by atoms with Crippen LogP contribution in [0.1, 0.15) is 24.5 Å². The van der Waals surface area contributed by atoms with Gasteiger partial charge in [-0.3, -0.25) is 0 Å². The van der Waals surface area contributed by atoms with Crippen LogP contribution in [0.3, 0.4) is 0 Å². The minimum Gasteiger partial charge on any atom is -0.381 e. The minimum atomic E-state index is 0.0860. The van der Waals surface area contributed by atoms with Crippen LogP contribution >= 0.6 is 0 Å². The van der Waals surface area contributed by atoms with Crippen LogP contribution in [0.15, 0.2) is 30.3 Å². The first-order chi connectivity index (χ1) is 8.86. The third-order valence-electron chi connectivity index (χ3n) is 3.74. The predicted molar refractivity (Wildman–Crippen MR) is 72.6 cm³/mol. The van der Waals surface area contributed by atoms with Gasteiger partial charge in [-0.15, -0.1) is 0 Å². The summed E-state index contributed by atoms with van der Waals surface area (Å²) in [5.74, 6) is 0.522. The third kappa shape index (κ3) is 3.10. The normalized spacial score (nSPS) is 23.6. The summed E-state index contributed by atoms with van der Waals surface area (Å²) >= 11 is 0. The number of hydrogen-bond donors (Lipinski definition) is 1. The molecule has 1 aromatic rings. The van der Waals surface area contributed by atoms with Gasteiger partial charge in [-0.2, -0.15) is 0 Å². The maximum atomic E-state index is 5.72. The Bertz CT molecular complexity index is 336. The van der Waals surface area contributed by atoms with Gasteiger partial charge in [0.05, 0.1) is 12.7 Å². The van der Waals surface area contributed by atoms with Crippen LogP contribution in [-0.2, 0) is 9.47 Å². The van der Waals surface area contributed by atoms with E-state index in [9.17, 15) is 0 Å². The van der Waals surface area contributed by atoms with Gasteiger partial charge in [0.1, 0.15) is 0 Å². The molecular weight excluding hydrogens is 226 g/mol. The van der Waals surface area contributed by atoms with Crippen LogP contribution in [0, 0.1) is 5.92 Å². The summed E-state index contributed by atoms with van der Waals surface area (Å²) in [6, 6.07) is 10.7. The molecule has 2 rings (SSSR count). The Hall–Kier alpha value is -0.900. The van der Waals surface area contributed by atoms with Crippen LogP contribution in [0.4, 0.5) is 0 Å². The molecule has 1 fully saturated rings. The Morgan fingerprint density at radius 2 is 2.11 bits per heavy atom. The average molecular weight is 249 g/mol. The summed E-state index contributed by atoms with van der Waals surface area (Å²) in [6.07, 6.45) is 2.44. The molecule has 0 amide bonds. The fourth-order valence-corrected chi connectivity index (χ4v) is 2.82. The molecule has 3 nitrogen and oxygen atoms in total. The standard InChI is InChI=1S/C15H23NO2/c1-16-14(13-9-6-10-18-11-13)15(17-2)12-7-4-3-5-8-12/h3-5,7-8,13-16H,6,9-11H2,1-2H3. The van der Waals surface area contributed by atoms with Crippen LogP contribution in [0.2, 0.25) is 0 Å². The van der Waals surface area contributed by atoms with Crippen LogP contribution in [0.25, 0.3) is 0 Å². The lowest BCUT2D eigenvalue weighted by molar-refractivity contribution is -0.00829. The zero-order chi connectivity index (χ0) is 12.8. The highest BCUT2D eigenvalue weighted by Gasteiger charge is 2.30. The highest BCUT2D eigenvalue weighted by Crippen LogP contribution is 2.29. The van der Waals surface area contributed by atoms with Gasteiger partial charge in [-0.05, 0) is 25.5 Å². The monoisotopic (exact) mass is 249 g/mol. The van der Waals surface area contributed by atoms with Crippen molar-refractivity contribution in [3.05, 3.63) is 35.9 Å². The largest absolute Gasteiger partial charge is 0.381 e. The molecule has 0 spiro atoms. The first kappa shape index (κ1) is 13.5. The van der Waals surface area contributed by atoms with E-state index in [1.54, 1.807) is 7.11 Å². The molecule has 0 aromatic heterocycles. The predicted octanol–water partition coefficient (Wildman–Crippen LogP) is 2.39. The summed E-state index contributed by atoms with van der Waals surface area (Å²) in [6.45, 7) is 1.73. The second kappa shape index (κ2) is 6.88. The molecule has 1 N–H and O–H groups in total. The number of ether oxygens (including phenoxy) is 2. The van der Waals surface area contributed by atoms with Gasteiger partial charge in [0.2, 0.25) is 0 Å². The highest BCUT2D eigenvalue weighted by atomic mass is 16.5. The van der Waals surface area contributed by atoms with E-state index in [1.807, 2.05) is 13.1 Å². The van der Waals surface area contributed by atoms with Gasteiger partial charge in [-0.1, -0.05) is 30.3 Å². The summed E-state index contributed by atoms with van der Waals surface area (Å²) in [5.41, 5.74) is 1.23. The molecule has 1 saturated heterocycles. The second-order valence-corrected chi connectivity index (χ2v) is 4.86. The summed E-state index contributed by atoms with van der Waals surface area (Å²) in [5, 5.41) is 3.42. The van der Waals surface area contributed by atoms with E-state index in [1.165, 1.54) is 12.0 Å². The fourth-order valence-electron chi connectivity index (χ4n) is 2.82. The fraction of sp³-hybridized carbons (Fsp3) is 0.600. The van der Waals surface area contributed by atoms with Crippen molar-refractivity contribution in [2.75, 3.05) is 27.4 Å². The minimum absolute atomic E-state index is 0.0860. The molecule has 3 heteroatoms. The van der Waals surface area contributed by atoms with Crippen LogP contribution in [-0.4, -0.2) is 33.4 Å². The molecular formula is C15H23NO2. The Balaban J connectivity index is 2.13. The molecule has 1 heterocycles. The van der Waals surface area contributed by atoms with Crippen molar-refractivity contribution in [2.24, 2.45) is 5.92 Å². The molecule has 100 valence electrons. The smallest absolute Gasteiger partial charge is 0.0977 e. The number of benzene rings is 1. The van der Waals surface area contributed by atoms with Crippen molar-refractivity contribution >= 4 is 0 Å². The van der Waals surface area contributed by atoms with Crippen LogP contribution < -0.4 is 5.32 Å². The topological polar surface area (TPSA) is 30.5 Å². The lowest BCUT2D eigenvalue weighted by atomic mass is 9.87. The van der Waals surface area contributed by atoms with Gasteiger partial charge in [-0.25, -0.2) is 0 Å². The average Bonchev–Trinajstić information content (AvgIpc) is 2.46. The molecule has 1 aliphatic rings. The lowest BCUT2D eigenvalue weighted by Crippen LogP contribution is -2.43. The van der Waals surface area contributed by atoms with Crippen molar-refractivity contribution in [3.63, 3.8) is 0 Å². The van der Waals surface area contributed by atoms with Gasteiger partial charge < -0.3 is 14.8 Å². The zero-order valence-corrected chi connectivity index (χ0v) is 11.3. The van der Waals surface area contributed by atoms with Gasteiger partial charge in [0.25, 0.3) is 0 Å². The zero-order valence-electron chi connectivity index (χ0n) is 11.3. The van der Waals surface area contributed by atoms with Gasteiger partial charge >= 0.3 is 0 Å². The van der Waals surface area contributed by atoms with Crippen molar-refractivity contribution in [2.45, 2.75) is 25.0 Å². The number of likely N-dealkylation sites (N-methyl/N-ethyl adjacent to an activating group) is 1.